The fraction of sp³-hybridized carbons (Fsp3) is 0.407. The van der Waals surface area contributed by atoms with Gasteiger partial charge in [0.2, 0.25) is 0 Å². The Morgan fingerprint density at radius 1 is 1.24 bits per heavy atom. The lowest BCUT2D eigenvalue weighted by Gasteiger charge is -2.15. The third kappa shape index (κ3) is 5.81. The second-order valence-electron chi connectivity index (χ2n) is 8.54. The van der Waals surface area contributed by atoms with Crippen LogP contribution in [0.25, 0.3) is 22.0 Å². The molecule has 0 atom stereocenters. The van der Waals surface area contributed by atoms with Crippen molar-refractivity contribution in [2.45, 2.75) is 52.0 Å². The number of hydrogen-bond donors (Lipinski definition) is 1. The zero-order valence-electron chi connectivity index (χ0n) is 19.6. The third-order valence-electron chi connectivity index (χ3n) is 6.25. The molecule has 6 heteroatoms. The van der Waals surface area contributed by atoms with Crippen molar-refractivity contribution in [3.63, 3.8) is 0 Å². The minimum atomic E-state index is -0.0287. The molecular formula is C27H33N3O2S. The van der Waals surface area contributed by atoms with Crippen molar-refractivity contribution in [2.24, 2.45) is 0 Å². The predicted molar refractivity (Wildman–Crippen MR) is 136 cm³/mol. The Labute approximate surface area is 200 Å². The van der Waals surface area contributed by atoms with Crippen molar-refractivity contribution in [3.05, 3.63) is 64.7 Å². The first-order valence-corrected chi connectivity index (χ1v) is 12.7. The fourth-order valence-electron chi connectivity index (χ4n) is 4.38. The maximum absolute atomic E-state index is 13.0. The maximum Gasteiger partial charge on any atom is 0.253 e. The molecule has 0 unspecified atom stereocenters. The van der Waals surface area contributed by atoms with E-state index in [1.165, 1.54) is 31.3 Å². The molecule has 0 bridgehead atoms. The van der Waals surface area contributed by atoms with Gasteiger partial charge in [-0.15, -0.1) is 11.3 Å². The number of aromatic nitrogens is 2. The zero-order chi connectivity index (χ0) is 23.0. The van der Waals surface area contributed by atoms with Gasteiger partial charge in [0.05, 0.1) is 17.0 Å². The molecule has 1 N–H and O–H groups in total. The molecule has 33 heavy (non-hydrogen) atoms. The number of rotatable bonds is 10. The van der Waals surface area contributed by atoms with E-state index in [4.69, 9.17) is 9.72 Å². The Balaban J connectivity index is 1.61. The number of carbonyl (C=O) groups is 1. The van der Waals surface area contributed by atoms with E-state index < -0.39 is 0 Å². The summed E-state index contributed by atoms with van der Waals surface area (Å²) in [6.07, 6.45) is 9.19. The van der Waals surface area contributed by atoms with Crippen LogP contribution in [0.4, 0.5) is 0 Å². The first kappa shape index (κ1) is 23.5. The van der Waals surface area contributed by atoms with Crippen molar-refractivity contribution in [1.29, 1.82) is 0 Å². The van der Waals surface area contributed by atoms with Gasteiger partial charge in [-0.05, 0) is 51.5 Å². The number of nitrogens with one attached hydrogen (secondary N) is 1. The van der Waals surface area contributed by atoms with E-state index in [1.54, 1.807) is 18.4 Å². The minimum Gasteiger partial charge on any atom is -0.385 e. The van der Waals surface area contributed by atoms with E-state index in [0.717, 1.165) is 52.6 Å². The summed E-state index contributed by atoms with van der Waals surface area (Å²) in [4.78, 5) is 17.9. The largest absolute Gasteiger partial charge is 0.385 e. The molecule has 2 aromatic heterocycles. The molecule has 0 aliphatic heterocycles. The highest BCUT2D eigenvalue weighted by atomic mass is 32.1. The first-order chi connectivity index (χ1) is 16.2. The molecular weight excluding hydrogens is 430 g/mol. The summed E-state index contributed by atoms with van der Waals surface area (Å²) in [5, 5.41) is 6.14. The smallest absolute Gasteiger partial charge is 0.253 e. The van der Waals surface area contributed by atoms with Gasteiger partial charge in [0.25, 0.3) is 5.91 Å². The molecule has 0 fully saturated rings. The van der Waals surface area contributed by atoms with Gasteiger partial charge >= 0.3 is 0 Å². The number of carbonyl (C=O) groups excluding carboxylic acids is 1. The highest BCUT2D eigenvalue weighted by Gasteiger charge is 2.20. The SMILES string of the molecule is COCCCNC(=O)c1cc(-c2csc(-c3ccccc3)n2)n(CCC2=CCCCC2)c1C. The van der Waals surface area contributed by atoms with E-state index in [2.05, 4.69) is 33.5 Å². The number of allylic oxidation sites excluding steroid dienone is 2. The second-order valence-corrected chi connectivity index (χ2v) is 9.40. The molecule has 0 saturated heterocycles. The number of methoxy groups -OCH3 is 1. The minimum absolute atomic E-state index is 0.0287. The van der Waals surface area contributed by atoms with Crippen molar-refractivity contribution in [1.82, 2.24) is 14.9 Å². The normalized spacial score (nSPS) is 13.7. The van der Waals surface area contributed by atoms with Gasteiger partial charge in [-0.2, -0.15) is 0 Å². The van der Waals surface area contributed by atoms with Crippen LogP contribution >= 0.6 is 11.3 Å². The highest BCUT2D eigenvalue weighted by Crippen LogP contribution is 2.32. The van der Waals surface area contributed by atoms with E-state index in [9.17, 15) is 4.79 Å². The summed E-state index contributed by atoms with van der Waals surface area (Å²) in [5.41, 5.74) is 6.33. The van der Waals surface area contributed by atoms with Crippen LogP contribution in [-0.2, 0) is 11.3 Å². The quantitative estimate of drug-likeness (QED) is 0.286. The van der Waals surface area contributed by atoms with E-state index >= 15 is 0 Å². The first-order valence-electron chi connectivity index (χ1n) is 11.8. The number of thiazole rings is 1. The van der Waals surface area contributed by atoms with Gasteiger partial charge in [-0.1, -0.05) is 42.0 Å². The van der Waals surface area contributed by atoms with Crippen LogP contribution < -0.4 is 5.32 Å². The van der Waals surface area contributed by atoms with Crippen molar-refractivity contribution >= 4 is 17.2 Å². The highest BCUT2D eigenvalue weighted by molar-refractivity contribution is 7.13. The summed E-state index contributed by atoms with van der Waals surface area (Å²) >= 11 is 1.64. The molecule has 2 heterocycles. The Kier molecular flexibility index (Phi) is 8.13. The number of hydrogen-bond acceptors (Lipinski definition) is 4. The molecule has 1 amide bonds. The van der Waals surface area contributed by atoms with Crippen LogP contribution in [0.1, 0.15) is 54.6 Å². The van der Waals surface area contributed by atoms with E-state index in [-0.39, 0.29) is 5.91 Å². The average Bonchev–Trinajstić information content (AvgIpc) is 3.46. The van der Waals surface area contributed by atoms with Crippen LogP contribution in [0.3, 0.4) is 0 Å². The number of ether oxygens (including phenoxy) is 1. The lowest BCUT2D eigenvalue weighted by molar-refractivity contribution is 0.0948. The molecule has 0 radical (unpaired) electrons. The average molecular weight is 464 g/mol. The molecule has 0 spiro atoms. The summed E-state index contributed by atoms with van der Waals surface area (Å²) in [6.45, 7) is 4.16. The van der Waals surface area contributed by atoms with Crippen LogP contribution in [-0.4, -0.2) is 35.7 Å². The van der Waals surface area contributed by atoms with Crippen LogP contribution in [0.2, 0.25) is 0 Å². The Hall–Kier alpha value is -2.70. The van der Waals surface area contributed by atoms with E-state index in [0.29, 0.717) is 13.2 Å². The number of nitrogens with zero attached hydrogens (tertiary/aromatic N) is 2. The molecule has 5 nitrogen and oxygen atoms in total. The topological polar surface area (TPSA) is 56.1 Å². The molecule has 1 aliphatic rings. The molecule has 0 saturated carbocycles. The van der Waals surface area contributed by atoms with Crippen molar-refractivity contribution in [3.8, 4) is 22.0 Å². The molecule has 4 rings (SSSR count). The Bertz CT molecular complexity index is 1100. The summed E-state index contributed by atoms with van der Waals surface area (Å²) in [5.74, 6) is -0.0287. The van der Waals surface area contributed by atoms with Crippen LogP contribution in [0.5, 0.6) is 0 Å². The van der Waals surface area contributed by atoms with Crippen molar-refractivity contribution in [2.75, 3.05) is 20.3 Å². The maximum atomic E-state index is 13.0. The van der Waals surface area contributed by atoms with Gasteiger partial charge < -0.3 is 14.6 Å². The standard InChI is InChI=1S/C27H33N3O2S/c1-20-23(26(31)28-15-9-17-32-2)18-25(30(20)16-14-21-10-5-3-6-11-21)24-19-33-27(29-24)22-12-7-4-8-13-22/h4,7-8,10,12-13,18-19H,3,5-6,9,11,14-17H2,1-2H3,(H,28,31). The summed E-state index contributed by atoms with van der Waals surface area (Å²) < 4.78 is 7.38. The third-order valence-corrected chi connectivity index (χ3v) is 7.14. The fourth-order valence-corrected chi connectivity index (χ4v) is 5.20. The van der Waals surface area contributed by atoms with E-state index in [1.807, 2.05) is 31.2 Å². The van der Waals surface area contributed by atoms with Crippen LogP contribution in [0.15, 0.2) is 53.4 Å². The summed E-state index contributed by atoms with van der Waals surface area (Å²) in [7, 11) is 1.68. The number of amides is 1. The monoisotopic (exact) mass is 463 g/mol. The molecule has 174 valence electrons. The van der Waals surface area contributed by atoms with Gasteiger partial charge in [0.1, 0.15) is 5.01 Å². The van der Waals surface area contributed by atoms with Gasteiger partial charge in [-0.25, -0.2) is 4.98 Å². The number of benzene rings is 1. The Morgan fingerprint density at radius 2 is 2.09 bits per heavy atom. The molecule has 1 aromatic carbocycles. The molecule has 3 aromatic rings. The van der Waals surface area contributed by atoms with Crippen molar-refractivity contribution < 1.29 is 9.53 Å². The van der Waals surface area contributed by atoms with Gasteiger partial charge in [-0.3, -0.25) is 4.79 Å². The summed E-state index contributed by atoms with van der Waals surface area (Å²) in [6, 6.07) is 12.3. The van der Waals surface area contributed by atoms with Gasteiger partial charge in [0, 0.05) is 43.4 Å². The zero-order valence-corrected chi connectivity index (χ0v) is 20.4. The lowest BCUT2D eigenvalue weighted by Crippen LogP contribution is -2.25. The second kappa shape index (κ2) is 11.4. The predicted octanol–water partition coefficient (Wildman–Crippen LogP) is 6.24. The van der Waals surface area contributed by atoms with Crippen LogP contribution in [0, 0.1) is 6.92 Å². The molecule has 1 aliphatic carbocycles. The van der Waals surface area contributed by atoms with Gasteiger partial charge in [0.15, 0.2) is 0 Å². The lowest BCUT2D eigenvalue weighted by atomic mass is 9.97. The Morgan fingerprint density at radius 3 is 2.85 bits per heavy atom.